The number of carbonyl (C=O) groups is 4. The quantitative estimate of drug-likeness (QED) is 0.179. The molecule has 0 heterocycles. The van der Waals surface area contributed by atoms with Crippen LogP contribution in [0.15, 0.2) is 78.9 Å². The Kier molecular flexibility index (Phi) is 11.1. The van der Waals surface area contributed by atoms with E-state index in [0.29, 0.717) is 22.3 Å². The number of nitriles is 1. The summed E-state index contributed by atoms with van der Waals surface area (Å²) in [6.45, 7) is 0. The van der Waals surface area contributed by atoms with Crippen LogP contribution in [0.3, 0.4) is 0 Å². The maximum Gasteiger partial charge on any atom is 0.330 e. The van der Waals surface area contributed by atoms with Crippen LogP contribution in [0.4, 0.5) is 0 Å². The summed E-state index contributed by atoms with van der Waals surface area (Å²) in [5.41, 5.74) is 7.35. The van der Waals surface area contributed by atoms with Crippen molar-refractivity contribution < 1.29 is 37.8 Å². The van der Waals surface area contributed by atoms with Crippen molar-refractivity contribution in [3.63, 3.8) is 0 Å². The average molecular weight is 607 g/mol. The van der Waals surface area contributed by atoms with Crippen LogP contribution in [0, 0.1) is 11.3 Å². The summed E-state index contributed by atoms with van der Waals surface area (Å²) < 4.78 is 26.9. The van der Waals surface area contributed by atoms with Gasteiger partial charge < -0.3 is 26.6 Å². The fraction of sp³-hybridized carbons (Fsp3) is 0.233. The standard InChI is InChI=1S/C30H30N4O8S/c31-16-20-10-4-6-12-22(20)23-13-7-5-11-21(23)17-43(41,42)18-25(33-26(35)15-14-24(32)29(37)38)28(36)34-27(30(39)40)19-8-2-1-3-9-19/h1-13,24-25,27H,14-15,17-18,32H2,(H,33,35)(H,34,36)(H,37,38)(H,39,40)/t24-,25-,27+/m0/s1. The van der Waals surface area contributed by atoms with E-state index < -0.39 is 69.6 Å². The molecule has 0 radical (unpaired) electrons. The number of benzene rings is 3. The minimum absolute atomic E-state index is 0.216. The minimum atomic E-state index is -4.16. The van der Waals surface area contributed by atoms with Crippen LogP contribution in [0.1, 0.15) is 35.6 Å². The topological polar surface area (TPSA) is 217 Å². The van der Waals surface area contributed by atoms with Crippen molar-refractivity contribution in [1.82, 2.24) is 10.6 Å². The van der Waals surface area contributed by atoms with E-state index in [4.69, 9.17) is 10.8 Å². The summed E-state index contributed by atoms with van der Waals surface area (Å²) in [7, 11) is -4.16. The maximum atomic E-state index is 13.5. The molecule has 3 aromatic carbocycles. The Labute approximate surface area is 248 Å². The smallest absolute Gasteiger partial charge is 0.330 e. The van der Waals surface area contributed by atoms with Crippen molar-refractivity contribution in [2.24, 2.45) is 5.73 Å². The first-order valence-corrected chi connectivity index (χ1v) is 14.9. The number of sulfone groups is 1. The number of nitrogens with zero attached hydrogens (tertiary/aromatic N) is 1. The van der Waals surface area contributed by atoms with Gasteiger partial charge in [-0.1, -0.05) is 72.8 Å². The number of nitrogens with one attached hydrogen (secondary N) is 2. The first kappa shape index (κ1) is 32.5. The monoisotopic (exact) mass is 606 g/mol. The molecule has 2 amide bonds. The zero-order valence-corrected chi connectivity index (χ0v) is 23.7. The molecule has 3 atom stereocenters. The number of carboxylic acid groups (broad SMARTS) is 2. The van der Waals surface area contributed by atoms with Crippen LogP contribution in [-0.4, -0.2) is 60.2 Å². The number of carbonyl (C=O) groups excluding carboxylic acids is 2. The third-order valence-electron chi connectivity index (χ3n) is 6.47. The second-order valence-corrected chi connectivity index (χ2v) is 11.8. The third-order valence-corrected chi connectivity index (χ3v) is 8.06. The van der Waals surface area contributed by atoms with Gasteiger partial charge in [0.1, 0.15) is 12.1 Å². The lowest BCUT2D eigenvalue weighted by Gasteiger charge is -2.22. The van der Waals surface area contributed by atoms with Gasteiger partial charge in [-0.3, -0.25) is 14.4 Å². The number of amides is 2. The number of hydrogen-bond donors (Lipinski definition) is 5. The molecule has 13 heteroatoms. The first-order valence-electron chi connectivity index (χ1n) is 13.1. The lowest BCUT2D eigenvalue weighted by Crippen LogP contribution is -2.52. The van der Waals surface area contributed by atoms with Gasteiger partial charge in [0.2, 0.25) is 11.8 Å². The van der Waals surface area contributed by atoms with Crippen LogP contribution in [0.2, 0.25) is 0 Å². The zero-order valence-electron chi connectivity index (χ0n) is 22.8. The molecule has 0 bridgehead atoms. The van der Waals surface area contributed by atoms with Crippen molar-refractivity contribution in [3.8, 4) is 17.2 Å². The number of rotatable bonds is 14. The largest absolute Gasteiger partial charge is 0.480 e. The van der Waals surface area contributed by atoms with Gasteiger partial charge in [-0.25, -0.2) is 13.2 Å². The fourth-order valence-electron chi connectivity index (χ4n) is 4.31. The predicted molar refractivity (Wildman–Crippen MR) is 156 cm³/mol. The van der Waals surface area contributed by atoms with Crippen LogP contribution in [0.25, 0.3) is 11.1 Å². The van der Waals surface area contributed by atoms with Gasteiger partial charge in [0.05, 0.1) is 23.1 Å². The normalized spacial score (nSPS) is 13.1. The van der Waals surface area contributed by atoms with Gasteiger partial charge in [-0.05, 0) is 34.7 Å². The highest BCUT2D eigenvalue weighted by Crippen LogP contribution is 2.28. The molecule has 0 aliphatic rings. The van der Waals surface area contributed by atoms with Crippen molar-refractivity contribution in [2.45, 2.75) is 36.7 Å². The molecule has 0 fully saturated rings. The highest BCUT2D eigenvalue weighted by molar-refractivity contribution is 7.90. The van der Waals surface area contributed by atoms with E-state index in [2.05, 4.69) is 16.7 Å². The highest BCUT2D eigenvalue weighted by Gasteiger charge is 2.32. The summed E-state index contributed by atoms with van der Waals surface area (Å²) in [6.07, 6.45) is -0.707. The van der Waals surface area contributed by atoms with Gasteiger partial charge in [-0.2, -0.15) is 5.26 Å². The molecule has 3 aromatic rings. The van der Waals surface area contributed by atoms with Crippen LogP contribution < -0.4 is 16.4 Å². The van der Waals surface area contributed by atoms with E-state index in [1.807, 2.05) is 0 Å². The van der Waals surface area contributed by atoms with Gasteiger partial charge in [0.25, 0.3) is 0 Å². The van der Waals surface area contributed by atoms with Crippen molar-refractivity contribution in [2.75, 3.05) is 5.75 Å². The molecule has 224 valence electrons. The number of carboxylic acids is 2. The van der Waals surface area contributed by atoms with Crippen molar-refractivity contribution in [1.29, 1.82) is 5.26 Å². The summed E-state index contributed by atoms with van der Waals surface area (Å²) in [5.74, 6) is -6.13. The first-order chi connectivity index (χ1) is 20.4. The highest BCUT2D eigenvalue weighted by atomic mass is 32.2. The van der Waals surface area contributed by atoms with Crippen LogP contribution in [-0.2, 0) is 34.8 Å². The number of aliphatic carboxylic acids is 2. The Hall–Kier alpha value is -5.06. The molecular formula is C30H30N4O8S. The van der Waals surface area contributed by atoms with E-state index >= 15 is 0 Å². The molecule has 12 nitrogen and oxygen atoms in total. The van der Waals surface area contributed by atoms with Gasteiger partial charge in [-0.15, -0.1) is 0 Å². The SMILES string of the molecule is N#Cc1ccccc1-c1ccccc1CS(=O)(=O)C[C@H](NC(=O)CC[C@H](N)C(=O)O)C(=O)N[C@@H](C(=O)O)c1ccccc1. The molecule has 0 saturated carbocycles. The summed E-state index contributed by atoms with van der Waals surface area (Å²) in [4.78, 5) is 48.9. The Morgan fingerprint density at radius 3 is 2.07 bits per heavy atom. The lowest BCUT2D eigenvalue weighted by molar-refractivity contribution is -0.142. The second kappa shape index (κ2) is 14.7. The Morgan fingerprint density at radius 2 is 1.44 bits per heavy atom. The second-order valence-electron chi connectivity index (χ2n) is 9.66. The lowest BCUT2D eigenvalue weighted by atomic mass is 9.97. The third kappa shape index (κ3) is 9.22. The van der Waals surface area contributed by atoms with Crippen molar-refractivity contribution >= 4 is 33.6 Å². The summed E-state index contributed by atoms with van der Waals surface area (Å²) in [6, 6.07) is 18.4. The molecular weight excluding hydrogens is 576 g/mol. The molecule has 0 spiro atoms. The van der Waals surface area contributed by atoms with Crippen molar-refractivity contribution in [3.05, 3.63) is 95.6 Å². The fourth-order valence-corrected chi connectivity index (χ4v) is 5.90. The number of hydrogen-bond acceptors (Lipinski definition) is 8. The van der Waals surface area contributed by atoms with E-state index in [1.54, 1.807) is 66.7 Å². The summed E-state index contributed by atoms with van der Waals surface area (Å²) >= 11 is 0. The molecule has 0 unspecified atom stereocenters. The molecule has 3 rings (SSSR count). The Bertz CT molecular complexity index is 1640. The molecule has 43 heavy (non-hydrogen) atoms. The maximum absolute atomic E-state index is 13.5. The van der Waals surface area contributed by atoms with Crippen LogP contribution in [0.5, 0.6) is 0 Å². The van der Waals surface area contributed by atoms with E-state index in [1.165, 1.54) is 12.1 Å². The number of nitrogens with two attached hydrogens (primary N) is 1. The van der Waals surface area contributed by atoms with Crippen LogP contribution >= 0.6 is 0 Å². The minimum Gasteiger partial charge on any atom is -0.480 e. The molecule has 0 saturated heterocycles. The average Bonchev–Trinajstić information content (AvgIpc) is 2.98. The summed E-state index contributed by atoms with van der Waals surface area (Å²) in [5, 5.41) is 32.8. The van der Waals surface area contributed by atoms with Gasteiger partial charge in [0, 0.05) is 6.42 Å². The van der Waals surface area contributed by atoms with E-state index in [9.17, 15) is 38.0 Å². The molecule has 0 aliphatic heterocycles. The predicted octanol–water partition coefficient (Wildman–Crippen LogP) is 1.76. The Balaban J connectivity index is 1.89. The van der Waals surface area contributed by atoms with E-state index in [0.717, 1.165) is 0 Å². The Morgan fingerprint density at radius 1 is 0.837 bits per heavy atom. The zero-order chi connectivity index (χ0) is 31.6. The molecule has 0 aromatic heterocycles. The van der Waals surface area contributed by atoms with Gasteiger partial charge in [0.15, 0.2) is 15.9 Å². The molecule has 6 N–H and O–H groups in total. The van der Waals surface area contributed by atoms with Gasteiger partial charge >= 0.3 is 11.9 Å². The molecule has 0 aliphatic carbocycles. The van der Waals surface area contributed by atoms with E-state index in [-0.39, 0.29) is 12.0 Å².